The molecule has 1 N–H and O–H groups in total. The number of nitrogens with one attached hydrogen (secondary N) is 1. The molecule has 1 aromatic rings. The third kappa shape index (κ3) is 5.56. The van der Waals surface area contributed by atoms with Gasteiger partial charge in [-0.3, -0.25) is 0 Å². The molecule has 1 heterocycles. The van der Waals surface area contributed by atoms with Crippen LogP contribution < -0.4 is 5.32 Å². The Morgan fingerprint density at radius 1 is 1.56 bits per heavy atom. The van der Waals surface area contributed by atoms with Crippen molar-refractivity contribution < 1.29 is 4.42 Å². The summed E-state index contributed by atoms with van der Waals surface area (Å²) in [6.45, 7) is 6.82. The van der Waals surface area contributed by atoms with Crippen LogP contribution in [0, 0.1) is 0 Å². The van der Waals surface area contributed by atoms with E-state index in [2.05, 4.69) is 24.9 Å². The molecule has 0 aliphatic carbocycles. The molecule has 0 aliphatic heterocycles. The van der Waals surface area contributed by atoms with Crippen LogP contribution in [-0.2, 0) is 0 Å². The second-order valence-electron chi connectivity index (χ2n) is 3.95. The van der Waals surface area contributed by atoms with Crippen LogP contribution in [0.15, 0.2) is 41.5 Å². The van der Waals surface area contributed by atoms with E-state index in [0.29, 0.717) is 6.04 Å². The zero-order valence-corrected chi connectivity index (χ0v) is 9.99. The quantitative estimate of drug-likeness (QED) is 0.533. The molecule has 0 spiro atoms. The second-order valence-corrected chi connectivity index (χ2v) is 3.95. The van der Waals surface area contributed by atoms with Gasteiger partial charge < -0.3 is 9.73 Å². The summed E-state index contributed by atoms with van der Waals surface area (Å²) in [5.41, 5.74) is 0. The Labute approximate surface area is 98.0 Å². The van der Waals surface area contributed by atoms with Crippen molar-refractivity contribution in [2.75, 3.05) is 6.54 Å². The molecular weight excluding hydrogens is 198 g/mol. The van der Waals surface area contributed by atoms with Gasteiger partial charge in [0.2, 0.25) is 0 Å². The van der Waals surface area contributed by atoms with Crippen LogP contribution in [0.2, 0.25) is 0 Å². The van der Waals surface area contributed by atoms with Crippen LogP contribution >= 0.6 is 0 Å². The number of rotatable bonds is 8. The molecule has 88 valence electrons. The molecular formula is C14H21NO. The number of unbranched alkanes of at least 4 members (excludes halogenated alkanes) is 1. The average molecular weight is 219 g/mol. The van der Waals surface area contributed by atoms with Crippen LogP contribution in [0.1, 0.15) is 31.9 Å². The van der Waals surface area contributed by atoms with Crippen molar-refractivity contribution >= 4 is 6.08 Å². The Kier molecular flexibility index (Phi) is 6.35. The maximum atomic E-state index is 5.19. The first kappa shape index (κ1) is 12.8. The minimum Gasteiger partial charge on any atom is -0.465 e. The minimum absolute atomic E-state index is 0.557. The zero-order chi connectivity index (χ0) is 11.6. The molecule has 1 rings (SSSR count). The van der Waals surface area contributed by atoms with Crippen molar-refractivity contribution in [3.63, 3.8) is 0 Å². The lowest BCUT2D eigenvalue weighted by atomic mass is 10.1. The molecule has 0 saturated carbocycles. The first-order chi connectivity index (χ1) is 7.83. The summed E-state index contributed by atoms with van der Waals surface area (Å²) in [4.78, 5) is 0. The Morgan fingerprint density at radius 2 is 2.44 bits per heavy atom. The lowest BCUT2D eigenvalue weighted by Crippen LogP contribution is -2.25. The van der Waals surface area contributed by atoms with Crippen molar-refractivity contribution in [2.24, 2.45) is 0 Å². The fourth-order valence-corrected chi connectivity index (χ4v) is 1.50. The number of hydrogen-bond acceptors (Lipinski definition) is 2. The number of furan rings is 1. The van der Waals surface area contributed by atoms with Gasteiger partial charge >= 0.3 is 0 Å². The Hall–Kier alpha value is -1.28. The molecule has 0 aromatic carbocycles. The molecule has 16 heavy (non-hydrogen) atoms. The zero-order valence-electron chi connectivity index (χ0n) is 9.99. The highest BCUT2D eigenvalue weighted by Gasteiger charge is 1.97. The Morgan fingerprint density at radius 3 is 3.12 bits per heavy atom. The standard InChI is InChI=1S/C14H21NO/c1-3-4-5-8-13(2)15-11-6-9-14-10-7-12-16-14/h3,6-7,9-10,12-13,15H,1,4-5,8,11H2,2H3/b9-6+. The smallest absolute Gasteiger partial charge is 0.126 e. The molecule has 0 saturated heterocycles. The van der Waals surface area contributed by atoms with Gasteiger partial charge in [0.15, 0.2) is 0 Å². The Balaban J connectivity index is 2.08. The van der Waals surface area contributed by atoms with E-state index >= 15 is 0 Å². The van der Waals surface area contributed by atoms with Gasteiger partial charge in [-0.25, -0.2) is 0 Å². The molecule has 0 radical (unpaired) electrons. The lowest BCUT2D eigenvalue weighted by molar-refractivity contribution is 0.525. The summed E-state index contributed by atoms with van der Waals surface area (Å²) in [6, 6.07) is 4.40. The SMILES string of the molecule is C=CCCCC(C)NC/C=C/c1ccco1. The molecule has 0 aliphatic rings. The molecule has 1 atom stereocenters. The van der Waals surface area contributed by atoms with Gasteiger partial charge in [-0.15, -0.1) is 6.58 Å². The van der Waals surface area contributed by atoms with Gasteiger partial charge in [0.05, 0.1) is 6.26 Å². The largest absolute Gasteiger partial charge is 0.465 e. The fraction of sp³-hybridized carbons (Fsp3) is 0.429. The van der Waals surface area contributed by atoms with E-state index in [1.165, 1.54) is 12.8 Å². The van der Waals surface area contributed by atoms with E-state index in [1.807, 2.05) is 24.3 Å². The number of allylic oxidation sites excluding steroid dienone is 1. The summed E-state index contributed by atoms with van der Waals surface area (Å²) < 4.78 is 5.19. The highest BCUT2D eigenvalue weighted by molar-refractivity contribution is 5.42. The highest BCUT2D eigenvalue weighted by Crippen LogP contribution is 2.02. The average Bonchev–Trinajstić information content (AvgIpc) is 2.78. The van der Waals surface area contributed by atoms with E-state index in [9.17, 15) is 0 Å². The van der Waals surface area contributed by atoms with E-state index in [4.69, 9.17) is 4.42 Å². The predicted molar refractivity (Wildman–Crippen MR) is 69.3 cm³/mol. The first-order valence-electron chi connectivity index (χ1n) is 5.87. The maximum Gasteiger partial charge on any atom is 0.126 e. The molecule has 1 aromatic heterocycles. The topological polar surface area (TPSA) is 25.2 Å². The second kappa shape index (κ2) is 7.94. The monoisotopic (exact) mass is 219 g/mol. The van der Waals surface area contributed by atoms with Gasteiger partial charge in [-0.05, 0) is 44.4 Å². The van der Waals surface area contributed by atoms with Crippen molar-refractivity contribution in [3.05, 3.63) is 42.9 Å². The van der Waals surface area contributed by atoms with Gasteiger partial charge in [-0.1, -0.05) is 12.2 Å². The highest BCUT2D eigenvalue weighted by atomic mass is 16.3. The molecule has 2 heteroatoms. The Bertz CT molecular complexity index is 301. The van der Waals surface area contributed by atoms with E-state index in [0.717, 1.165) is 18.7 Å². The van der Waals surface area contributed by atoms with Gasteiger partial charge in [0.25, 0.3) is 0 Å². The van der Waals surface area contributed by atoms with Crippen molar-refractivity contribution in [1.29, 1.82) is 0 Å². The lowest BCUT2D eigenvalue weighted by Gasteiger charge is -2.10. The van der Waals surface area contributed by atoms with Crippen LogP contribution in [0.4, 0.5) is 0 Å². The third-order valence-electron chi connectivity index (χ3n) is 2.45. The van der Waals surface area contributed by atoms with Crippen LogP contribution in [0.5, 0.6) is 0 Å². The fourth-order valence-electron chi connectivity index (χ4n) is 1.50. The van der Waals surface area contributed by atoms with E-state index in [1.54, 1.807) is 6.26 Å². The summed E-state index contributed by atoms with van der Waals surface area (Å²) in [5, 5.41) is 3.44. The van der Waals surface area contributed by atoms with Crippen LogP contribution in [0.25, 0.3) is 6.08 Å². The first-order valence-corrected chi connectivity index (χ1v) is 5.87. The van der Waals surface area contributed by atoms with Gasteiger partial charge in [-0.2, -0.15) is 0 Å². The van der Waals surface area contributed by atoms with Crippen molar-refractivity contribution in [2.45, 2.75) is 32.2 Å². The maximum absolute atomic E-state index is 5.19. The van der Waals surface area contributed by atoms with Crippen LogP contribution in [-0.4, -0.2) is 12.6 Å². The minimum atomic E-state index is 0.557. The van der Waals surface area contributed by atoms with E-state index in [-0.39, 0.29) is 0 Å². The van der Waals surface area contributed by atoms with Gasteiger partial charge in [0.1, 0.15) is 5.76 Å². The molecule has 0 fully saturated rings. The molecule has 0 amide bonds. The van der Waals surface area contributed by atoms with Crippen molar-refractivity contribution in [1.82, 2.24) is 5.32 Å². The molecule has 0 bridgehead atoms. The van der Waals surface area contributed by atoms with Gasteiger partial charge in [0, 0.05) is 12.6 Å². The normalized spacial score (nSPS) is 13.1. The molecule has 1 unspecified atom stereocenters. The summed E-state index contributed by atoms with van der Waals surface area (Å²) in [5.74, 6) is 0.904. The van der Waals surface area contributed by atoms with E-state index < -0.39 is 0 Å². The van der Waals surface area contributed by atoms with Crippen molar-refractivity contribution in [3.8, 4) is 0 Å². The predicted octanol–water partition coefficient (Wildman–Crippen LogP) is 3.63. The third-order valence-corrected chi connectivity index (χ3v) is 2.45. The summed E-state index contributed by atoms with van der Waals surface area (Å²) >= 11 is 0. The molecule has 2 nitrogen and oxygen atoms in total. The summed E-state index contributed by atoms with van der Waals surface area (Å²) in [6.07, 6.45) is 11.2. The summed E-state index contributed by atoms with van der Waals surface area (Å²) in [7, 11) is 0. The number of hydrogen-bond donors (Lipinski definition) is 1. The van der Waals surface area contributed by atoms with Crippen LogP contribution in [0.3, 0.4) is 0 Å².